The number of hydrogen-bond acceptors (Lipinski definition) is 5. The van der Waals surface area contributed by atoms with E-state index in [-0.39, 0.29) is 5.56 Å². The first-order valence-electron chi connectivity index (χ1n) is 6.53. The van der Waals surface area contributed by atoms with Crippen molar-refractivity contribution in [3.8, 4) is 0 Å². The Bertz CT molecular complexity index is 640. The second-order valence-electron chi connectivity index (χ2n) is 4.83. The number of nitrogens with zero attached hydrogens (tertiary/aromatic N) is 1. The van der Waals surface area contributed by atoms with Gasteiger partial charge in [-0.2, -0.15) is 0 Å². The lowest BCUT2D eigenvalue weighted by molar-refractivity contribution is -0.147. The topological polar surface area (TPSA) is 119 Å². The number of amides is 4. The quantitative estimate of drug-likeness (QED) is 0.606. The van der Waals surface area contributed by atoms with Gasteiger partial charge in [-0.1, -0.05) is 0 Å². The van der Waals surface area contributed by atoms with Crippen LogP contribution in [0.5, 0.6) is 0 Å². The van der Waals surface area contributed by atoms with Crippen molar-refractivity contribution >= 4 is 29.5 Å². The molecule has 22 heavy (non-hydrogen) atoms. The van der Waals surface area contributed by atoms with Crippen LogP contribution in [-0.4, -0.2) is 36.0 Å². The molecule has 0 aliphatic carbocycles. The fraction of sp³-hybridized carbons (Fsp3) is 0.286. The maximum atomic E-state index is 12.3. The number of urea groups is 1. The second kappa shape index (κ2) is 5.84. The lowest BCUT2D eigenvalue weighted by Crippen LogP contribution is -2.41. The predicted molar refractivity (Wildman–Crippen MR) is 76.0 cm³/mol. The van der Waals surface area contributed by atoms with E-state index in [1.54, 1.807) is 0 Å². The van der Waals surface area contributed by atoms with Crippen molar-refractivity contribution in [3.05, 3.63) is 29.8 Å². The van der Waals surface area contributed by atoms with E-state index >= 15 is 0 Å². The van der Waals surface area contributed by atoms with E-state index in [0.29, 0.717) is 5.69 Å². The van der Waals surface area contributed by atoms with E-state index in [1.807, 2.05) is 0 Å². The lowest BCUT2D eigenvalue weighted by atomic mass is 10.1. The monoisotopic (exact) mass is 305 g/mol. The SMILES string of the molecule is CC(=O)OC(C)C1NC(=O)N(c2ccc(C(N)=O)cc2)C1=O. The molecule has 0 aromatic heterocycles. The van der Waals surface area contributed by atoms with Gasteiger partial charge in [-0.3, -0.25) is 14.4 Å². The molecule has 0 saturated carbocycles. The Hall–Kier alpha value is -2.90. The highest BCUT2D eigenvalue weighted by Crippen LogP contribution is 2.22. The van der Waals surface area contributed by atoms with Gasteiger partial charge in [-0.15, -0.1) is 0 Å². The van der Waals surface area contributed by atoms with Gasteiger partial charge in [0.05, 0.1) is 5.69 Å². The smallest absolute Gasteiger partial charge is 0.329 e. The number of nitrogens with one attached hydrogen (secondary N) is 1. The Kier molecular flexibility index (Phi) is 4.11. The van der Waals surface area contributed by atoms with Crippen LogP contribution < -0.4 is 16.0 Å². The maximum absolute atomic E-state index is 12.3. The molecule has 1 aliphatic rings. The molecule has 1 aliphatic heterocycles. The van der Waals surface area contributed by atoms with E-state index < -0.39 is 36.0 Å². The molecular weight excluding hydrogens is 290 g/mol. The fourth-order valence-corrected chi connectivity index (χ4v) is 2.17. The molecule has 0 radical (unpaired) electrons. The fourth-order valence-electron chi connectivity index (χ4n) is 2.17. The summed E-state index contributed by atoms with van der Waals surface area (Å²) in [7, 11) is 0. The summed E-state index contributed by atoms with van der Waals surface area (Å²) in [6.45, 7) is 2.74. The Balaban J connectivity index is 2.21. The largest absolute Gasteiger partial charge is 0.460 e. The van der Waals surface area contributed by atoms with Gasteiger partial charge in [0.1, 0.15) is 12.1 Å². The number of hydrogen-bond donors (Lipinski definition) is 2. The summed E-state index contributed by atoms with van der Waals surface area (Å²) >= 11 is 0. The van der Waals surface area contributed by atoms with Crippen molar-refractivity contribution < 1.29 is 23.9 Å². The second-order valence-corrected chi connectivity index (χ2v) is 4.83. The summed E-state index contributed by atoms with van der Waals surface area (Å²) in [4.78, 5) is 47.2. The molecular formula is C14H15N3O5. The molecule has 2 rings (SSSR count). The van der Waals surface area contributed by atoms with E-state index in [1.165, 1.54) is 38.1 Å². The molecule has 116 valence electrons. The van der Waals surface area contributed by atoms with Crippen LogP contribution in [0.15, 0.2) is 24.3 Å². The van der Waals surface area contributed by atoms with Crippen LogP contribution in [0.1, 0.15) is 24.2 Å². The number of nitrogens with two attached hydrogens (primary N) is 1. The van der Waals surface area contributed by atoms with E-state index in [4.69, 9.17) is 10.5 Å². The number of carbonyl (C=O) groups excluding carboxylic acids is 4. The Labute approximate surface area is 126 Å². The summed E-state index contributed by atoms with van der Waals surface area (Å²) in [5.41, 5.74) is 5.69. The Morgan fingerprint density at radius 1 is 1.27 bits per heavy atom. The molecule has 8 heteroatoms. The van der Waals surface area contributed by atoms with E-state index in [2.05, 4.69) is 5.32 Å². The van der Waals surface area contributed by atoms with Crippen molar-refractivity contribution in [3.63, 3.8) is 0 Å². The van der Waals surface area contributed by atoms with Crippen molar-refractivity contribution in [1.82, 2.24) is 5.32 Å². The van der Waals surface area contributed by atoms with Crippen molar-refractivity contribution in [1.29, 1.82) is 0 Å². The minimum Gasteiger partial charge on any atom is -0.460 e. The van der Waals surface area contributed by atoms with Crippen LogP contribution >= 0.6 is 0 Å². The molecule has 0 spiro atoms. The summed E-state index contributed by atoms with van der Waals surface area (Å²) in [6, 6.07) is 4.14. The first-order valence-corrected chi connectivity index (χ1v) is 6.53. The number of carbonyl (C=O) groups is 4. The van der Waals surface area contributed by atoms with Gasteiger partial charge in [0.25, 0.3) is 5.91 Å². The maximum Gasteiger partial charge on any atom is 0.329 e. The summed E-state index contributed by atoms with van der Waals surface area (Å²) in [6.07, 6.45) is -0.788. The molecule has 3 N–H and O–H groups in total. The zero-order valence-corrected chi connectivity index (χ0v) is 12.0. The average Bonchev–Trinajstić information content (AvgIpc) is 2.73. The summed E-state index contributed by atoms with van der Waals surface area (Å²) < 4.78 is 4.93. The molecule has 8 nitrogen and oxygen atoms in total. The van der Waals surface area contributed by atoms with Crippen LogP contribution in [0, 0.1) is 0 Å². The molecule has 1 saturated heterocycles. The summed E-state index contributed by atoms with van der Waals surface area (Å²) in [5, 5.41) is 2.46. The van der Waals surface area contributed by atoms with Gasteiger partial charge in [0.15, 0.2) is 0 Å². The number of esters is 1. The molecule has 1 heterocycles. The van der Waals surface area contributed by atoms with Gasteiger partial charge < -0.3 is 15.8 Å². The van der Waals surface area contributed by atoms with E-state index in [0.717, 1.165) is 4.90 Å². The highest BCUT2D eigenvalue weighted by atomic mass is 16.5. The Morgan fingerprint density at radius 3 is 2.36 bits per heavy atom. The zero-order valence-electron chi connectivity index (χ0n) is 12.0. The van der Waals surface area contributed by atoms with Gasteiger partial charge in [0.2, 0.25) is 5.91 Å². The average molecular weight is 305 g/mol. The van der Waals surface area contributed by atoms with Gasteiger partial charge >= 0.3 is 12.0 Å². The number of primary amides is 1. The third-order valence-electron chi connectivity index (χ3n) is 3.20. The lowest BCUT2D eigenvalue weighted by Gasteiger charge is -2.17. The van der Waals surface area contributed by atoms with E-state index in [9.17, 15) is 19.2 Å². The molecule has 2 atom stereocenters. The third-order valence-corrected chi connectivity index (χ3v) is 3.20. The van der Waals surface area contributed by atoms with Crippen LogP contribution in [0.25, 0.3) is 0 Å². The van der Waals surface area contributed by atoms with Crippen LogP contribution in [0.4, 0.5) is 10.5 Å². The van der Waals surface area contributed by atoms with Crippen molar-refractivity contribution in [2.24, 2.45) is 5.73 Å². The minimum atomic E-state index is -0.952. The van der Waals surface area contributed by atoms with Gasteiger partial charge in [-0.25, -0.2) is 9.69 Å². The zero-order chi connectivity index (χ0) is 16.4. The number of anilines is 1. The number of rotatable bonds is 4. The molecule has 0 bridgehead atoms. The van der Waals surface area contributed by atoms with Gasteiger partial charge in [-0.05, 0) is 31.2 Å². The van der Waals surface area contributed by atoms with Crippen LogP contribution in [0.2, 0.25) is 0 Å². The molecule has 4 amide bonds. The standard InChI is InChI=1S/C14H15N3O5/c1-7(22-8(2)18)11-13(20)17(14(21)16-11)10-5-3-9(4-6-10)12(15)19/h3-7,11H,1-2H3,(H2,15,19)(H,16,21). The first-order chi connectivity index (χ1) is 10.3. The number of ether oxygens (including phenoxy) is 1. The third kappa shape index (κ3) is 2.90. The van der Waals surface area contributed by atoms with Gasteiger partial charge in [0, 0.05) is 12.5 Å². The normalized spacial score (nSPS) is 18.8. The van der Waals surface area contributed by atoms with Crippen molar-refractivity contribution in [2.45, 2.75) is 26.0 Å². The number of benzene rings is 1. The van der Waals surface area contributed by atoms with Crippen molar-refractivity contribution in [2.75, 3.05) is 4.90 Å². The highest BCUT2D eigenvalue weighted by Gasteiger charge is 2.43. The Morgan fingerprint density at radius 2 is 1.86 bits per heavy atom. The minimum absolute atomic E-state index is 0.264. The first kappa shape index (κ1) is 15.5. The van der Waals surface area contributed by atoms with Crippen LogP contribution in [0.3, 0.4) is 0 Å². The molecule has 2 unspecified atom stereocenters. The predicted octanol–water partition coefficient (Wildman–Crippen LogP) is 0.162. The van der Waals surface area contributed by atoms with Crippen LogP contribution in [-0.2, 0) is 14.3 Å². The number of imide groups is 1. The molecule has 1 aromatic rings. The summed E-state index contributed by atoms with van der Waals surface area (Å²) in [5.74, 6) is -1.69. The molecule has 1 fully saturated rings. The molecule has 1 aromatic carbocycles. The highest BCUT2D eigenvalue weighted by molar-refractivity contribution is 6.21.